The molecule has 0 heterocycles. The predicted molar refractivity (Wildman–Crippen MR) is 50.6 cm³/mol. The van der Waals surface area contributed by atoms with Gasteiger partial charge in [-0.1, -0.05) is 6.07 Å². The Morgan fingerprint density at radius 3 is 2.44 bits per heavy atom. The van der Waals surface area contributed by atoms with E-state index in [4.69, 9.17) is 11.6 Å². The van der Waals surface area contributed by atoms with Crippen LogP contribution in [-0.2, 0) is 17.4 Å². The summed E-state index contributed by atoms with van der Waals surface area (Å²) >= 11 is 5.00. The molecule has 0 aliphatic carbocycles. The maximum absolute atomic E-state index is 13.2. The second kappa shape index (κ2) is 4.82. The first-order valence-electron chi connectivity index (χ1n) is 4.35. The van der Waals surface area contributed by atoms with Gasteiger partial charge in [-0.3, -0.25) is 4.79 Å². The van der Waals surface area contributed by atoms with Crippen molar-refractivity contribution in [3.05, 3.63) is 35.1 Å². The number of carbonyl (C=O) groups excluding carboxylic acids is 1. The Balaban J connectivity index is 3.09. The molecule has 0 unspecified atom stereocenters. The lowest BCUT2D eigenvalue weighted by Gasteiger charge is -2.12. The minimum Gasteiger partial charge on any atom is -0.281 e. The van der Waals surface area contributed by atoms with Crippen LogP contribution in [0.4, 0.5) is 17.6 Å². The molecule has 0 atom stereocenters. The van der Waals surface area contributed by atoms with Crippen LogP contribution in [0.25, 0.3) is 0 Å². The van der Waals surface area contributed by atoms with Crippen molar-refractivity contribution in [2.45, 2.75) is 19.0 Å². The van der Waals surface area contributed by atoms with Gasteiger partial charge >= 0.3 is 6.18 Å². The third-order valence-electron chi connectivity index (χ3n) is 2.00. The fraction of sp³-hybridized carbons (Fsp3) is 0.300. The first kappa shape index (κ1) is 13.0. The van der Waals surface area contributed by atoms with Crippen molar-refractivity contribution < 1.29 is 22.4 Å². The largest absolute Gasteiger partial charge is 0.416 e. The van der Waals surface area contributed by atoms with E-state index in [0.717, 1.165) is 18.2 Å². The molecule has 0 radical (unpaired) electrons. The Morgan fingerprint density at radius 1 is 1.31 bits per heavy atom. The van der Waals surface area contributed by atoms with E-state index in [0.29, 0.717) is 0 Å². The lowest BCUT2D eigenvalue weighted by atomic mass is 10.0. The summed E-state index contributed by atoms with van der Waals surface area (Å²) in [5.74, 6) is -0.979. The summed E-state index contributed by atoms with van der Waals surface area (Å²) in [5.41, 5.74) is -1.59. The molecule has 1 aromatic carbocycles. The highest BCUT2D eigenvalue weighted by molar-refractivity contribution is 6.63. The van der Waals surface area contributed by atoms with Crippen molar-refractivity contribution in [3.8, 4) is 0 Å². The van der Waals surface area contributed by atoms with Crippen LogP contribution in [0.3, 0.4) is 0 Å². The van der Waals surface area contributed by atoms with Gasteiger partial charge < -0.3 is 0 Å². The molecule has 0 saturated carbocycles. The average Bonchev–Trinajstić information content (AvgIpc) is 2.13. The van der Waals surface area contributed by atoms with E-state index in [-0.39, 0.29) is 12.8 Å². The number of benzene rings is 1. The number of carbonyl (C=O) groups is 1. The molecule has 0 bridgehead atoms. The lowest BCUT2D eigenvalue weighted by molar-refractivity contribution is -0.138. The van der Waals surface area contributed by atoms with Gasteiger partial charge in [0.25, 0.3) is 0 Å². The van der Waals surface area contributed by atoms with Crippen LogP contribution in [0.1, 0.15) is 17.5 Å². The summed E-state index contributed by atoms with van der Waals surface area (Å²) in [4.78, 5) is 10.5. The molecule has 16 heavy (non-hydrogen) atoms. The smallest absolute Gasteiger partial charge is 0.281 e. The number of alkyl halides is 3. The second-order valence-corrected chi connectivity index (χ2v) is 3.54. The van der Waals surface area contributed by atoms with Crippen LogP contribution in [0.15, 0.2) is 18.2 Å². The summed E-state index contributed by atoms with van der Waals surface area (Å²) in [6.07, 6.45) is -5.32. The summed E-state index contributed by atoms with van der Waals surface area (Å²) in [6, 6.07) is 2.67. The number of rotatable bonds is 3. The maximum atomic E-state index is 13.2. The molecule has 1 aromatic rings. The van der Waals surface area contributed by atoms with Crippen LogP contribution in [0.5, 0.6) is 0 Å². The van der Waals surface area contributed by atoms with Gasteiger partial charge in [0.05, 0.1) is 5.56 Å². The molecule has 0 spiro atoms. The first-order chi connectivity index (χ1) is 7.32. The molecule has 88 valence electrons. The first-order valence-corrected chi connectivity index (χ1v) is 4.73. The molecule has 0 amide bonds. The summed E-state index contributed by atoms with van der Waals surface area (Å²) in [6.45, 7) is 0. The molecule has 1 nitrogen and oxygen atoms in total. The number of hydrogen-bond acceptors (Lipinski definition) is 1. The zero-order valence-electron chi connectivity index (χ0n) is 7.94. The van der Waals surface area contributed by atoms with Crippen molar-refractivity contribution >= 4 is 16.8 Å². The molecule has 0 saturated heterocycles. The SMILES string of the molecule is O=C(Cl)CCc1c(F)cccc1C(F)(F)F. The molecule has 0 aromatic heterocycles. The zero-order chi connectivity index (χ0) is 12.3. The van der Waals surface area contributed by atoms with E-state index >= 15 is 0 Å². The quantitative estimate of drug-likeness (QED) is 0.596. The van der Waals surface area contributed by atoms with Gasteiger partial charge in [0.2, 0.25) is 5.24 Å². The molecule has 0 aliphatic heterocycles. The van der Waals surface area contributed by atoms with Crippen molar-refractivity contribution in [1.29, 1.82) is 0 Å². The van der Waals surface area contributed by atoms with Crippen LogP contribution >= 0.6 is 11.6 Å². The average molecular weight is 255 g/mol. The fourth-order valence-electron chi connectivity index (χ4n) is 1.30. The standard InChI is InChI=1S/C10H7ClF4O/c11-9(16)5-4-6-7(10(13,14)15)2-1-3-8(6)12/h1-3H,4-5H2. The normalized spacial score (nSPS) is 11.6. The minimum atomic E-state index is -4.63. The minimum absolute atomic E-state index is 0.328. The molecule has 0 fully saturated rings. The van der Waals surface area contributed by atoms with Gasteiger partial charge in [0.15, 0.2) is 0 Å². The molecular formula is C10H7ClF4O. The Labute approximate surface area is 94.0 Å². The van der Waals surface area contributed by atoms with Gasteiger partial charge in [-0.2, -0.15) is 13.2 Å². The van der Waals surface area contributed by atoms with Crippen LogP contribution in [0.2, 0.25) is 0 Å². The molecular weight excluding hydrogens is 248 g/mol. The Bertz CT molecular complexity index is 400. The van der Waals surface area contributed by atoms with Gasteiger partial charge in [-0.25, -0.2) is 4.39 Å². The second-order valence-electron chi connectivity index (χ2n) is 3.12. The van der Waals surface area contributed by atoms with Gasteiger partial charge in [0.1, 0.15) is 5.82 Å². The highest BCUT2D eigenvalue weighted by atomic mass is 35.5. The van der Waals surface area contributed by atoms with E-state index in [1.54, 1.807) is 0 Å². The van der Waals surface area contributed by atoms with Crippen molar-refractivity contribution in [2.75, 3.05) is 0 Å². The molecule has 6 heteroatoms. The summed E-state index contributed by atoms with van der Waals surface area (Å²) in [5, 5.41) is -0.795. The van der Waals surface area contributed by atoms with Gasteiger partial charge in [0, 0.05) is 12.0 Å². The van der Waals surface area contributed by atoms with Crippen LogP contribution in [0, 0.1) is 5.82 Å². The Kier molecular flexibility index (Phi) is 3.91. The van der Waals surface area contributed by atoms with E-state index < -0.39 is 28.4 Å². The zero-order valence-corrected chi connectivity index (χ0v) is 8.70. The van der Waals surface area contributed by atoms with Gasteiger partial charge in [-0.15, -0.1) is 0 Å². The van der Waals surface area contributed by atoms with Gasteiger partial charge in [-0.05, 0) is 30.2 Å². The van der Waals surface area contributed by atoms with Crippen molar-refractivity contribution in [2.24, 2.45) is 0 Å². The van der Waals surface area contributed by atoms with E-state index in [1.165, 1.54) is 0 Å². The van der Waals surface area contributed by atoms with E-state index in [2.05, 4.69) is 0 Å². The van der Waals surface area contributed by atoms with Crippen molar-refractivity contribution in [1.82, 2.24) is 0 Å². The Hall–Kier alpha value is -1.10. The monoisotopic (exact) mass is 254 g/mol. The summed E-state index contributed by atoms with van der Waals surface area (Å²) < 4.78 is 50.6. The maximum Gasteiger partial charge on any atom is 0.416 e. The van der Waals surface area contributed by atoms with Crippen LogP contribution in [-0.4, -0.2) is 5.24 Å². The topological polar surface area (TPSA) is 17.1 Å². The highest BCUT2D eigenvalue weighted by Crippen LogP contribution is 2.33. The Morgan fingerprint density at radius 2 is 1.94 bits per heavy atom. The predicted octanol–water partition coefficient (Wildman–Crippen LogP) is 3.54. The lowest BCUT2D eigenvalue weighted by Crippen LogP contribution is -2.11. The van der Waals surface area contributed by atoms with E-state index in [1.807, 2.05) is 0 Å². The van der Waals surface area contributed by atoms with E-state index in [9.17, 15) is 22.4 Å². The fourth-order valence-corrected chi connectivity index (χ4v) is 1.40. The number of halogens is 5. The number of hydrogen-bond donors (Lipinski definition) is 0. The summed E-state index contributed by atoms with van der Waals surface area (Å²) in [7, 11) is 0. The van der Waals surface area contributed by atoms with Crippen LogP contribution < -0.4 is 0 Å². The van der Waals surface area contributed by atoms with Crippen molar-refractivity contribution in [3.63, 3.8) is 0 Å². The molecule has 0 N–H and O–H groups in total. The highest BCUT2D eigenvalue weighted by Gasteiger charge is 2.34. The molecule has 0 aliphatic rings. The third-order valence-corrected chi connectivity index (χ3v) is 2.18. The molecule has 1 rings (SSSR count). The third kappa shape index (κ3) is 3.20.